The van der Waals surface area contributed by atoms with E-state index in [2.05, 4.69) is 15.7 Å². The number of para-hydroxylation sites is 2. The first-order valence-corrected chi connectivity index (χ1v) is 9.22. The topological polar surface area (TPSA) is 76.0 Å². The van der Waals surface area contributed by atoms with Crippen molar-refractivity contribution in [3.05, 3.63) is 88.9 Å². The van der Waals surface area contributed by atoms with Gasteiger partial charge in [0.25, 0.3) is 11.8 Å². The van der Waals surface area contributed by atoms with Gasteiger partial charge in [-0.2, -0.15) is 0 Å². The fourth-order valence-corrected chi connectivity index (χ4v) is 3.41. The summed E-state index contributed by atoms with van der Waals surface area (Å²) in [6.07, 6.45) is 1.55. The molecule has 1 unspecified atom stereocenters. The van der Waals surface area contributed by atoms with E-state index in [0.717, 1.165) is 11.0 Å². The molecular weight excluding hydrogens is 360 g/mol. The van der Waals surface area contributed by atoms with Gasteiger partial charge < -0.3 is 5.32 Å². The Labute approximate surface area is 159 Å². The van der Waals surface area contributed by atoms with Crippen LogP contribution in [0.25, 0.3) is 11.0 Å². The van der Waals surface area contributed by atoms with Crippen LogP contribution in [0.3, 0.4) is 0 Å². The summed E-state index contributed by atoms with van der Waals surface area (Å²) >= 11 is 1.33. The molecule has 4 rings (SSSR count). The second kappa shape index (κ2) is 7.43. The van der Waals surface area contributed by atoms with Crippen molar-refractivity contribution in [2.45, 2.75) is 6.04 Å². The maximum absolute atomic E-state index is 13.0. The molecule has 2 amide bonds. The van der Waals surface area contributed by atoms with Crippen molar-refractivity contribution in [2.24, 2.45) is 0 Å². The van der Waals surface area contributed by atoms with Crippen molar-refractivity contribution < 1.29 is 9.59 Å². The van der Waals surface area contributed by atoms with E-state index in [0.29, 0.717) is 10.4 Å². The Hall–Kier alpha value is -3.45. The molecule has 134 valence electrons. The summed E-state index contributed by atoms with van der Waals surface area (Å²) < 4.78 is 1.56. The van der Waals surface area contributed by atoms with Crippen LogP contribution in [0.1, 0.15) is 21.3 Å². The fourth-order valence-electron chi connectivity index (χ4n) is 2.79. The van der Waals surface area contributed by atoms with Crippen molar-refractivity contribution in [1.29, 1.82) is 0 Å². The highest BCUT2D eigenvalue weighted by Crippen LogP contribution is 2.17. The summed E-state index contributed by atoms with van der Waals surface area (Å²) in [5.41, 5.74) is 5.07. The maximum atomic E-state index is 13.0. The van der Waals surface area contributed by atoms with E-state index >= 15 is 0 Å². The number of nitrogens with zero attached hydrogens (tertiary/aromatic N) is 2. The van der Waals surface area contributed by atoms with Gasteiger partial charge in [0.05, 0.1) is 15.9 Å². The molecule has 2 aromatic carbocycles. The zero-order valence-electron chi connectivity index (χ0n) is 14.2. The number of rotatable bonds is 5. The molecule has 0 radical (unpaired) electrons. The molecule has 0 aliphatic rings. The molecule has 27 heavy (non-hydrogen) atoms. The number of carbonyl (C=O) groups excluding carboxylic acids is 2. The molecule has 1 atom stereocenters. The molecule has 0 aliphatic heterocycles. The Morgan fingerprint density at radius 3 is 2.52 bits per heavy atom. The van der Waals surface area contributed by atoms with Gasteiger partial charge in [0, 0.05) is 0 Å². The fraction of sp³-hybridized carbons (Fsp3) is 0.0500. The first-order valence-electron chi connectivity index (χ1n) is 8.34. The van der Waals surface area contributed by atoms with Crippen molar-refractivity contribution in [3.63, 3.8) is 0 Å². The molecule has 0 bridgehead atoms. The summed E-state index contributed by atoms with van der Waals surface area (Å²) in [4.78, 5) is 30.3. The Morgan fingerprint density at radius 2 is 1.74 bits per heavy atom. The Balaban J connectivity index is 1.61. The monoisotopic (exact) mass is 376 g/mol. The molecule has 2 N–H and O–H groups in total. The van der Waals surface area contributed by atoms with Crippen molar-refractivity contribution in [3.8, 4) is 0 Å². The number of imidazole rings is 1. The number of fused-ring (bicyclic) bond motifs is 1. The van der Waals surface area contributed by atoms with Gasteiger partial charge in [-0.25, -0.2) is 9.66 Å². The lowest BCUT2D eigenvalue weighted by atomic mass is 10.1. The number of hydrogen-bond donors (Lipinski definition) is 2. The SMILES string of the molecule is O=C(NC(C(=O)Nn1cnc2ccccc21)c1ccccc1)c1cccs1. The zero-order chi connectivity index (χ0) is 18.6. The summed E-state index contributed by atoms with van der Waals surface area (Å²) in [6.45, 7) is 0. The number of carbonyl (C=O) groups is 2. The van der Waals surface area contributed by atoms with Gasteiger partial charge in [-0.05, 0) is 29.1 Å². The third-order valence-electron chi connectivity index (χ3n) is 4.10. The van der Waals surface area contributed by atoms with E-state index in [1.54, 1.807) is 23.1 Å². The average Bonchev–Trinajstić information content (AvgIpc) is 3.37. The number of aromatic nitrogens is 2. The smallest absolute Gasteiger partial charge is 0.266 e. The minimum atomic E-state index is -0.832. The lowest BCUT2D eigenvalue weighted by Crippen LogP contribution is -2.39. The van der Waals surface area contributed by atoms with Gasteiger partial charge in [0.2, 0.25) is 0 Å². The van der Waals surface area contributed by atoms with Crippen LogP contribution in [0, 0.1) is 0 Å². The summed E-state index contributed by atoms with van der Waals surface area (Å²) in [5.74, 6) is -0.640. The van der Waals surface area contributed by atoms with E-state index in [-0.39, 0.29) is 11.8 Å². The number of benzene rings is 2. The molecule has 2 heterocycles. The lowest BCUT2D eigenvalue weighted by Gasteiger charge is -2.19. The molecule has 0 saturated carbocycles. The molecule has 6 nitrogen and oxygen atoms in total. The van der Waals surface area contributed by atoms with Crippen molar-refractivity contribution >= 4 is 34.2 Å². The molecule has 0 spiro atoms. The van der Waals surface area contributed by atoms with Crippen LogP contribution in [0.15, 0.2) is 78.4 Å². The van der Waals surface area contributed by atoms with Gasteiger partial charge in [0.15, 0.2) is 0 Å². The highest BCUT2D eigenvalue weighted by atomic mass is 32.1. The number of hydrogen-bond acceptors (Lipinski definition) is 4. The largest absolute Gasteiger partial charge is 0.336 e. The van der Waals surface area contributed by atoms with Crippen LogP contribution < -0.4 is 10.7 Å². The minimum absolute atomic E-state index is 0.288. The first-order chi connectivity index (χ1) is 13.2. The molecular formula is C20H16N4O2S. The third-order valence-corrected chi connectivity index (χ3v) is 4.97. The number of thiophene rings is 1. The second-order valence-electron chi connectivity index (χ2n) is 5.87. The van der Waals surface area contributed by atoms with Crippen LogP contribution >= 0.6 is 11.3 Å². The van der Waals surface area contributed by atoms with Crippen LogP contribution in [0.5, 0.6) is 0 Å². The van der Waals surface area contributed by atoms with Gasteiger partial charge in [-0.15, -0.1) is 11.3 Å². The predicted molar refractivity (Wildman–Crippen MR) is 105 cm³/mol. The Bertz CT molecular complexity index is 1070. The average molecular weight is 376 g/mol. The third kappa shape index (κ3) is 3.58. The van der Waals surface area contributed by atoms with Crippen LogP contribution in [-0.2, 0) is 4.79 Å². The van der Waals surface area contributed by atoms with Gasteiger partial charge >= 0.3 is 0 Å². The molecule has 0 aliphatic carbocycles. The van der Waals surface area contributed by atoms with Crippen LogP contribution in [0.4, 0.5) is 0 Å². The predicted octanol–water partition coefficient (Wildman–Crippen LogP) is 3.34. The van der Waals surface area contributed by atoms with Crippen LogP contribution in [0.2, 0.25) is 0 Å². The van der Waals surface area contributed by atoms with Crippen molar-refractivity contribution in [1.82, 2.24) is 15.0 Å². The molecule has 4 aromatic rings. The van der Waals surface area contributed by atoms with E-state index in [9.17, 15) is 9.59 Å². The van der Waals surface area contributed by atoms with E-state index in [1.807, 2.05) is 60.0 Å². The normalized spacial score (nSPS) is 11.9. The standard InChI is InChI=1S/C20H16N4O2S/c25-19(17-11-6-12-27-17)22-18(14-7-2-1-3-8-14)20(26)23-24-13-21-15-9-4-5-10-16(15)24/h1-13,18H,(H,22,25)(H,23,26). The minimum Gasteiger partial charge on any atom is -0.336 e. The van der Waals surface area contributed by atoms with Gasteiger partial charge in [-0.1, -0.05) is 48.5 Å². The summed E-state index contributed by atoms with van der Waals surface area (Å²) in [6, 6.07) is 19.3. The van der Waals surface area contributed by atoms with Gasteiger partial charge in [0.1, 0.15) is 12.4 Å². The first kappa shape index (κ1) is 17.0. The molecule has 7 heteroatoms. The van der Waals surface area contributed by atoms with Crippen LogP contribution in [-0.4, -0.2) is 21.5 Å². The van der Waals surface area contributed by atoms with E-state index in [1.165, 1.54) is 11.3 Å². The Kier molecular flexibility index (Phi) is 4.67. The maximum Gasteiger partial charge on any atom is 0.266 e. The van der Waals surface area contributed by atoms with Gasteiger partial charge in [-0.3, -0.25) is 15.0 Å². The van der Waals surface area contributed by atoms with Crippen molar-refractivity contribution in [2.75, 3.05) is 5.43 Å². The lowest BCUT2D eigenvalue weighted by molar-refractivity contribution is -0.119. The highest BCUT2D eigenvalue weighted by Gasteiger charge is 2.24. The number of nitrogens with one attached hydrogen (secondary N) is 2. The second-order valence-corrected chi connectivity index (χ2v) is 6.82. The molecule has 0 fully saturated rings. The van der Waals surface area contributed by atoms with E-state index < -0.39 is 6.04 Å². The number of amides is 2. The summed E-state index contributed by atoms with van der Waals surface area (Å²) in [5, 5.41) is 4.65. The summed E-state index contributed by atoms with van der Waals surface area (Å²) in [7, 11) is 0. The highest BCUT2D eigenvalue weighted by molar-refractivity contribution is 7.12. The molecule has 2 aromatic heterocycles. The quantitative estimate of drug-likeness (QED) is 0.561. The van der Waals surface area contributed by atoms with E-state index in [4.69, 9.17) is 0 Å². The Morgan fingerprint density at radius 1 is 0.963 bits per heavy atom. The zero-order valence-corrected chi connectivity index (χ0v) is 15.0. The molecule has 0 saturated heterocycles.